The van der Waals surface area contributed by atoms with Crippen LogP contribution in [0.2, 0.25) is 0 Å². The highest BCUT2D eigenvalue weighted by Crippen LogP contribution is 2.39. The van der Waals surface area contributed by atoms with Gasteiger partial charge < -0.3 is 24.3 Å². The molecule has 1 amide bonds. The van der Waals surface area contributed by atoms with E-state index in [4.69, 9.17) is 18.9 Å². The quantitative estimate of drug-likeness (QED) is 0.391. The molecule has 0 fully saturated rings. The second-order valence-electron chi connectivity index (χ2n) is 7.25. The number of hydrogen-bond acceptors (Lipinski definition) is 5. The van der Waals surface area contributed by atoms with Crippen LogP contribution in [-0.4, -0.2) is 33.3 Å². The highest BCUT2D eigenvalue weighted by atomic mass is 19.1. The third-order valence-corrected chi connectivity index (χ3v) is 4.89. The van der Waals surface area contributed by atoms with Crippen LogP contribution in [0.15, 0.2) is 66.7 Å². The Bertz CT molecular complexity index is 1000. The fraction of sp³-hybridized carbons (Fsp3) is 0.269. The lowest BCUT2D eigenvalue weighted by molar-refractivity contribution is 0.0951. The molecule has 3 aromatic rings. The van der Waals surface area contributed by atoms with E-state index in [1.165, 1.54) is 26.4 Å². The molecule has 0 atom stereocenters. The van der Waals surface area contributed by atoms with Crippen molar-refractivity contribution in [2.45, 2.75) is 19.4 Å². The number of hydrogen-bond donors (Lipinski definition) is 1. The van der Waals surface area contributed by atoms with Crippen molar-refractivity contribution in [3.63, 3.8) is 0 Å². The minimum Gasteiger partial charge on any atom is -0.494 e. The molecule has 0 bridgehead atoms. The van der Waals surface area contributed by atoms with Gasteiger partial charge in [0.05, 0.1) is 20.8 Å². The molecule has 0 aliphatic carbocycles. The van der Waals surface area contributed by atoms with E-state index < -0.39 is 0 Å². The first-order valence-electron chi connectivity index (χ1n) is 10.7. The number of amides is 1. The summed E-state index contributed by atoms with van der Waals surface area (Å²) in [7, 11) is 3.04. The van der Waals surface area contributed by atoms with Crippen molar-refractivity contribution >= 4 is 5.91 Å². The van der Waals surface area contributed by atoms with E-state index in [0.29, 0.717) is 48.3 Å². The van der Waals surface area contributed by atoms with Crippen LogP contribution in [0.3, 0.4) is 0 Å². The summed E-state index contributed by atoms with van der Waals surface area (Å²) in [6.45, 7) is 1.32. The number of carbonyl (C=O) groups excluding carboxylic acids is 1. The Morgan fingerprint density at radius 3 is 2.18 bits per heavy atom. The van der Waals surface area contributed by atoms with Gasteiger partial charge in [0.25, 0.3) is 5.91 Å². The Hall–Kier alpha value is -3.74. The van der Waals surface area contributed by atoms with Gasteiger partial charge in [0, 0.05) is 12.1 Å². The van der Waals surface area contributed by atoms with Gasteiger partial charge in [-0.2, -0.15) is 0 Å². The van der Waals surface area contributed by atoms with Crippen molar-refractivity contribution in [2.75, 3.05) is 27.4 Å². The molecule has 1 N–H and O–H groups in total. The van der Waals surface area contributed by atoms with Crippen molar-refractivity contribution in [1.29, 1.82) is 0 Å². The molecule has 0 unspecified atom stereocenters. The van der Waals surface area contributed by atoms with E-state index in [2.05, 4.69) is 5.32 Å². The maximum atomic E-state index is 12.9. The molecule has 0 heterocycles. The second kappa shape index (κ2) is 12.3. The number of methoxy groups -OCH3 is 2. The molecule has 0 aromatic heterocycles. The fourth-order valence-corrected chi connectivity index (χ4v) is 3.13. The molecule has 3 aromatic carbocycles. The molecule has 33 heavy (non-hydrogen) atoms. The predicted molar refractivity (Wildman–Crippen MR) is 124 cm³/mol. The van der Waals surface area contributed by atoms with Gasteiger partial charge in [-0.05, 0) is 54.8 Å². The van der Waals surface area contributed by atoms with Gasteiger partial charge in [-0.3, -0.25) is 4.79 Å². The lowest BCUT2D eigenvalue weighted by Gasteiger charge is -2.16. The molecule has 6 nitrogen and oxygen atoms in total. The van der Waals surface area contributed by atoms with Gasteiger partial charge in [-0.1, -0.05) is 30.3 Å². The summed E-state index contributed by atoms with van der Waals surface area (Å²) in [4.78, 5) is 12.6. The molecule has 0 saturated heterocycles. The Balaban J connectivity index is 1.51. The number of unbranched alkanes of at least 4 members (excludes halogenated alkanes) is 1. The molecule has 0 aliphatic rings. The molecule has 174 valence electrons. The van der Waals surface area contributed by atoms with Gasteiger partial charge in [0.1, 0.15) is 18.2 Å². The predicted octanol–water partition coefficient (Wildman–Crippen LogP) is 5.01. The van der Waals surface area contributed by atoms with Crippen molar-refractivity contribution < 1.29 is 28.1 Å². The number of benzene rings is 3. The van der Waals surface area contributed by atoms with Gasteiger partial charge in [-0.15, -0.1) is 0 Å². The monoisotopic (exact) mass is 453 g/mol. The van der Waals surface area contributed by atoms with E-state index in [9.17, 15) is 9.18 Å². The zero-order valence-electron chi connectivity index (χ0n) is 18.8. The first kappa shape index (κ1) is 23.9. The summed E-state index contributed by atoms with van der Waals surface area (Å²) in [5, 5.41) is 2.89. The minimum absolute atomic E-state index is 0.235. The first-order valence-corrected chi connectivity index (χ1v) is 10.7. The Morgan fingerprint density at radius 2 is 1.55 bits per heavy atom. The summed E-state index contributed by atoms with van der Waals surface area (Å²) in [6.07, 6.45) is 1.48. The van der Waals surface area contributed by atoms with E-state index in [1.807, 2.05) is 30.3 Å². The third kappa shape index (κ3) is 7.14. The zero-order valence-corrected chi connectivity index (χ0v) is 18.8. The standard InChI is InChI=1S/C26H28FNO5/c1-30-23-16-20(17-24(31-2)25(23)33-18-19-8-4-3-5-9-19)26(29)28-14-6-7-15-32-22-12-10-21(27)11-13-22/h3-5,8-13,16-17H,6-7,14-15,18H2,1-2H3,(H,28,29). The topological polar surface area (TPSA) is 66.0 Å². The Morgan fingerprint density at radius 1 is 0.879 bits per heavy atom. The summed E-state index contributed by atoms with van der Waals surface area (Å²) < 4.78 is 35.3. The number of carbonyl (C=O) groups is 1. The average Bonchev–Trinajstić information content (AvgIpc) is 2.85. The molecule has 0 saturated carbocycles. The summed E-state index contributed by atoms with van der Waals surface area (Å²) >= 11 is 0. The fourth-order valence-electron chi connectivity index (χ4n) is 3.13. The van der Waals surface area contributed by atoms with Crippen LogP contribution >= 0.6 is 0 Å². The van der Waals surface area contributed by atoms with Crippen molar-refractivity contribution in [2.24, 2.45) is 0 Å². The molecule has 0 aliphatic heterocycles. The van der Waals surface area contributed by atoms with Crippen molar-refractivity contribution in [3.05, 3.63) is 83.7 Å². The normalized spacial score (nSPS) is 10.4. The first-order chi connectivity index (χ1) is 16.1. The third-order valence-electron chi connectivity index (χ3n) is 4.89. The summed E-state index contributed by atoms with van der Waals surface area (Å²) in [5.41, 5.74) is 1.42. The van der Waals surface area contributed by atoms with Crippen LogP contribution in [0, 0.1) is 5.82 Å². The van der Waals surface area contributed by atoms with Crippen molar-refractivity contribution in [1.82, 2.24) is 5.32 Å². The van der Waals surface area contributed by atoms with E-state index in [-0.39, 0.29) is 11.7 Å². The molecular formula is C26H28FNO5. The van der Waals surface area contributed by atoms with Crippen LogP contribution in [0.4, 0.5) is 4.39 Å². The van der Waals surface area contributed by atoms with E-state index in [0.717, 1.165) is 18.4 Å². The van der Waals surface area contributed by atoms with Gasteiger partial charge in [0.2, 0.25) is 5.75 Å². The van der Waals surface area contributed by atoms with Gasteiger partial charge in [0.15, 0.2) is 11.5 Å². The molecular weight excluding hydrogens is 425 g/mol. The highest BCUT2D eigenvalue weighted by Gasteiger charge is 2.18. The lowest BCUT2D eigenvalue weighted by atomic mass is 10.1. The van der Waals surface area contributed by atoms with Gasteiger partial charge in [-0.25, -0.2) is 4.39 Å². The largest absolute Gasteiger partial charge is 0.494 e. The van der Waals surface area contributed by atoms with E-state index >= 15 is 0 Å². The van der Waals surface area contributed by atoms with Crippen LogP contribution < -0.4 is 24.3 Å². The molecule has 0 spiro atoms. The van der Waals surface area contributed by atoms with Crippen LogP contribution in [0.5, 0.6) is 23.0 Å². The summed E-state index contributed by atoms with van der Waals surface area (Å²) in [6, 6.07) is 18.9. The molecule has 7 heteroatoms. The number of nitrogens with one attached hydrogen (secondary N) is 1. The lowest BCUT2D eigenvalue weighted by Crippen LogP contribution is -2.24. The maximum absolute atomic E-state index is 12.9. The van der Waals surface area contributed by atoms with Crippen molar-refractivity contribution in [3.8, 4) is 23.0 Å². The molecule has 0 radical (unpaired) electrons. The number of ether oxygens (including phenoxy) is 4. The Kier molecular flexibility index (Phi) is 8.94. The minimum atomic E-state index is -0.297. The summed E-state index contributed by atoms with van der Waals surface area (Å²) in [5.74, 6) is 1.37. The van der Waals surface area contributed by atoms with E-state index in [1.54, 1.807) is 24.3 Å². The Labute approximate surface area is 193 Å². The smallest absolute Gasteiger partial charge is 0.251 e. The number of halogens is 1. The maximum Gasteiger partial charge on any atom is 0.251 e. The molecule has 3 rings (SSSR count). The average molecular weight is 454 g/mol. The SMILES string of the molecule is COc1cc(C(=O)NCCCCOc2ccc(F)cc2)cc(OC)c1OCc1ccccc1. The zero-order chi connectivity index (χ0) is 23.5. The van der Waals surface area contributed by atoms with Gasteiger partial charge >= 0.3 is 0 Å². The number of rotatable bonds is 12. The van der Waals surface area contributed by atoms with Crippen LogP contribution in [-0.2, 0) is 6.61 Å². The van der Waals surface area contributed by atoms with Crippen LogP contribution in [0.1, 0.15) is 28.8 Å². The highest BCUT2D eigenvalue weighted by molar-refractivity contribution is 5.95. The second-order valence-corrected chi connectivity index (χ2v) is 7.25. The van der Waals surface area contributed by atoms with Crippen LogP contribution in [0.25, 0.3) is 0 Å².